The summed E-state index contributed by atoms with van der Waals surface area (Å²) in [5.74, 6) is 0. The smallest absolute Gasteiger partial charge is 0.0664 e. The molecule has 0 bridgehead atoms. The molecule has 1 atom stereocenters. The Morgan fingerprint density at radius 2 is 2.17 bits per heavy atom. The van der Waals surface area contributed by atoms with E-state index in [1.165, 1.54) is 0 Å². The van der Waals surface area contributed by atoms with E-state index in [0.717, 1.165) is 32.6 Å². The molecule has 0 aromatic carbocycles. The highest BCUT2D eigenvalue weighted by Gasteiger charge is 1.99. The van der Waals surface area contributed by atoms with Crippen LogP contribution in [0.1, 0.15) is 26.7 Å². The van der Waals surface area contributed by atoms with Gasteiger partial charge in [-0.1, -0.05) is 13.3 Å². The Balaban J connectivity index is 2.97. The van der Waals surface area contributed by atoms with E-state index in [1.54, 1.807) is 0 Å². The molecule has 0 radical (unpaired) electrons. The quantitative estimate of drug-likeness (QED) is 0.535. The van der Waals surface area contributed by atoms with Crippen molar-refractivity contribution in [3.63, 3.8) is 0 Å². The molecule has 0 heterocycles. The maximum absolute atomic E-state index is 9.30. The molecule has 0 aliphatic heterocycles. The van der Waals surface area contributed by atoms with Crippen LogP contribution in [0.3, 0.4) is 0 Å². The maximum atomic E-state index is 9.30. The predicted octanol–water partition coefficient (Wildman–Crippen LogP) is 0.774. The Kier molecular flexibility index (Phi) is 8.88. The van der Waals surface area contributed by atoms with Crippen molar-refractivity contribution in [2.24, 2.45) is 0 Å². The molecule has 0 saturated heterocycles. The van der Waals surface area contributed by atoms with Crippen molar-refractivity contribution in [3.05, 3.63) is 0 Å². The average molecular weight is 175 g/mol. The Morgan fingerprint density at radius 3 is 2.75 bits per heavy atom. The average Bonchev–Trinajstić information content (AvgIpc) is 2.05. The lowest BCUT2D eigenvalue weighted by Gasteiger charge is -2.10. The first kappa shape index (κ1) is 11.9. The van der Waals surface area contributed by atoms with Gasteiger partial charge in [-0.05, 0) is 13.3 Å². The molecule has 0 aliphatic rings. The third-order valence-electron chi connectivity index (χ3n) is 1.63. The van der Waals surface area contributed by atoms with Crippen molar-refractivity contribution in [2.45, 2.75) is 32.8 Å². The highest BCUT2D eigenvalue weighted by Crippen LogP contribution is 1.93. The number of nitrogens with one attached hydrogen (secondary N) is 1. The van der Waals surface area contributed by atoms with Crippen LogP contribution in [-0.4, -0.2) is 37.5 Å². The molecular formula is C9H21NO2. The van der Waals surface area contributed by atoms with E-state index in [-0.39, 0.29) is 6.10 Å². The van der Waals surface area contributed by atoms with Gasteiger partial charge >= 0.3 is 0 Å². The van der Waals surface area contributed by atoms with E-state index in [0.29, 0.717) is 6.54 Å². The molecule has 0 rings (SSSR count). The van der Waals surface area contributed by atoms with Gasteiger partial charge in [0.25, 0.3) is 0 Å². The number of hydrogen-bond acceptors (Lipinski definition) is 3. The van der Waals surface area contributed by atoms with E-state index in [4.69, 9.17) is 4.74 Å². The highest BCUT2D eigenvalue weighted by atomic mass is 16.5. The summed E-state index contributed by atoms with van der Waals surface area (Å²) in [5, 5.41) is 12.4. The van der Waals surface area contributed by atoms with Crippen LogP contribution >= 0.6 is 0 Å². The third kappa shape index (κ3) is 7.98. The van der Waals surface area contributed by atoms with Crippen molar-refractivity contribution in [1.29, 1.82) is 0 Å². The Morgan fingerprint density at radius 1 is 1.42 bits per heavy atom. The van der Waals surface area contributed by atoms with Gasteiger partial charge in [0, 0.05) is 19.7 Å². The minimum Gasteiger partial charge on any atom is -0.392 e. The molecule has 74 valence electrons. The Labute approximate surface area is 75.1 Å². The molecule has 2 N–H and O–H groups in total. The molecule has 3 nitrogen and oxygen atoms in total. The van der Waals surface area contributed by atoms with Crippen molar-refractivity contribution in [2.75, 3.05) is 26.3 Å². The highest BCUT2D eigenvalue weighted by molar-refractivity contribution is 4.57. The zero-order valence-electron chi connectivity index (χ0n) is 8.18. The van der Waals surface area contributed by atoms with Gasteiger partial charge in [0.1, 0.15) is 0 Å². The summed E-state index contributed by atoms with van der Waals surface area (Å²) < 4.78 is 5.13. The lowest BCUT2D eigenvalue weighted by Crippen LogP contribution is -2.29. The predicted molar refractivity (Wildman–Crippen MR) is 50.3 cm³/mol. The minimum atomic E-state index is -0.198. The summed E-state index contributed by atoms with van der Waals surface area (Å²) in [6.07, 6.45) is 1.72. The lowest BCUT2D eigenvalue weighted by molar-refractivity contribution is 0.134. The number of hydrogen-bond donors (Lipinski definition) is 2. The zero-order chi connectivity index (χ0) is 9.23. The first-order chi connectivity index (χ1) is 5.81. The van der Waals surface area contributed by atoms with Crippen LogP contribution in [0.2, 0.25) is 0 Å². The molecule has 12 heavy (non-hydrogen) atoms. The monoisotopic (exact) mass is 175 g/mol. The fraction of sp³-hybridized carbons (Fsp3) is 1.00. The fourth-order valence-corrected chi connectivity index (χ4v) is 0.993. The van der Waals surface area contributed by atoms with Crippen LogP contribution < -0.4 is 5.32 Å². The Hall–Kier alpha value is -0.120. The topological polar surface area (TPSA) is 41.5 Å². The summed E-state index contributed by atoms with van der Waals surface area (Å²) in [4.78, 5) is 0. The first-order valence-corrected chi connectivity index (χ1v) is 4.77. The van der Waals surface area contributed by atoms with Crippen molar-refractivity contribution in [1.82, 2.24) is 5.32 Å². The molecule has 1 unspecified atom stereocenters. The summed E-state index contributed by atoms with van der Waals surface area (Å²) >= 11 is 0. The minimum absolute atomic E-state index is 0.198. The van der Waals surface area contributed by atoms with Crippen LogP contribution in [0.25, 0.3) is 0 Å². The summed E-state index contributed by atoms with van der Waals surface area (Å²) in [7, 11) is 0. The number of aliphatic hydroxyl groups excluding tert-OH is 1. The summed E-state index contributed by atoms with van der Waals surface area (Å²) in [6.45, 7) is 7.05. The van der Waals surface area contributed by atoms with E-state index >= 15 is 0 Å². The molecule has 0 amide bonds. The Bertz CT molecular complexity index is 88.6. The summed E-state index contributed by atoms with van der Waals surface area (Å²) in [6, 6.07) is 0. The second-order valence-electron chi connectivity index (χ2n) is 2.84. The van der Waals surface area contributed by atoms with Crippen LogP contribution in [0.4, 0.5) is 0 Å². The van der Waals surface area contributed by atoms with Crippen molar-refractivity contribution in [3.8, 4) is 0 Å². The van der Waals surface area contributed by atoms with Gasteiger partial charge in [-0.2, -0.15) is 0 Å². The fourth-order valence-electron chi connectivity index (χ4n) is 0.993. The SMILES string of the molecule is CCCC(O)CNCCOCC. The number of aliphatic hydroxyl groups is 1. The van der Waals surface area contributed by atoms with Gasteiger partial charge < -0.3 is 15.2 Å². The number of rotatable bonds is 8. The molecular weight excluding hydrogens is 154 g/mol. The normalized spacial score (nSPS) is 13.2. The second-order valence-corrected chi connectivity index (χ2v) is 2.84. The van der Waals surface area contributed by atoms with Gasteiger partial charge in [-0.25, -0.2) is 0 Å². The second kappa shape index (κ2) is 8.97. The zero-order valence-corrected chi connectivity index (χ0v) is 8.18. The molecule has 0 aromatic rings. The van der Waals surface area contributed by atoms with Gasteiger partial charge in [-0.3, -0.25) is 0 Å². The molecule has 3 heteroatoms. The maximum Gasteiger partial charge on any atom is 0.0664 e. The van der Waals surface area contributed by atoms with Crippen LogP contribution in [0, 0.1) is 0 Å². The van der Waals surface area contributed by atoms with Crippen molar-refractivity contribution < 1.29 is 9.84 Å². The van der Waals surface area contributed by atoms with Crippen LogP contribution in [-0.2, 0) is 4.74 Å². The molecule has 0 fully saturated rings. The van der Waals surface area contributed by atoms with Gasteiger partial charge in [0.2, 0.25) is 0 Å². The largest absolute Gasteiger partial charge is 0.392 e. The standard InChI is InChI=1S/C9H21NO2/c1-3-5-9(11)8-10-6-7-12-4-2/h9-11H,3-8H2,1-2H3. The molecule has 0 spiro atoms. The van der Waals surface area contributed by atoms with Crippen LogP contribution in [0.15, 0.2) is 0 Å². The molecule has 0 aromatic heterocycles. The lowest BCUT2D eigenvalue weighted by atomic mass is 10.2. The number of ether oxygens (including phenoxy) is 1. The third-order valence-corrected chi connectivity index (χ3v) is 1.63. The van der Waals surface area contributed by atoms with Gasteiger partial charge in [-0.15, -0.1) is 0 Å². The first-order valence-electron chi connectivity index (χ1n) is 4.77. The van der Waals surface area contributed by atoms with E-state index < -0.39 is 0 Å². The van der Waals surface area contributed by atoms with Crippen molar-refractivity contribution >= 4 is 0 Å². The molecule has 0 aliphatic carbocycles. The van der Waals surface area contributed by atoms with E-state index in [1.807, 2.05) is 6.92 Å². The van der Waals surface area contributed by atoms with Gasteiger partial charge in [0.05, 0.1) is 12.7 Å². The van der Waals surface area contributed by atoms with Gasteiger partial charge in [0.15, 0.2) is 0 Å². The van der Waals surface area contributed by atoms with E-state index in [9.17, 15) is 5.11 Å². The van der Waals surface area contributed by atoms with Crippen LogP contribution in [0.5, 0.6) is 0 Å². The summed E-state index contributed by atoms with van der Waals surface area (Å²) in [5.41, 5.74) is 0. The van der Waals surface area contributed by atoms with E-state index in [2.05, 4.69) is 12.2 Å². The molecule has 0 saturated carbocycles.